The molecular formula is C112H66N22. The van der Waals surface area contributed by atoms with Crippen LogP contribution in [0.4, 0.5) is 0 Å². The fourth-order valence-corrected chi connectivity index (χ4v) is 17.3. The van der Waals surface area contributed by atoms with Crippen LogP contribution in [0.15, 0.2) is 402 Å². The van der Waals surface area contributed by atoms with Crippen LogP contribution in [-0.2, 0) is 0 Å². The van der Waals surface area contributed by atoms with Crippen molar-refractivity contribution in [3.05, 3.63) is 402 Å². The maximum Gasteiger partial charge on any atom is 0.182 e. The van der Waals surface area contributed by atoms with Crippen LogP contribution in [0.25, 0.3) is 256 Å². The van der Waals surface area contributed by atoms with E-state index >= 15 is 0 Å². The second kappa shape index (κ2) is 34.0. The lowest BCUT2D eigenvalue weighted by atomic mass is 9.97. The van der Waals surface area contributed by atoms with Crippen LogP contribution in [0.1, 0.15) is 0 Å². The van der Waals surface area contributed by atoms with Crippen LogP contribution >= 0.6 is 0 Å². The minimum atomic E-state index is 0.431. The molecular weight excluding hydrogens is 1650 g/mol. The van der Waals surface area contributed by atoms with Crippen molar-refractivity contribution in [2.75, 3.05) is 0 Å². The van der Waals surface area contributed by atoms with Gasteiger partial charge in [-0.05, 0) is 133 Å². The van der Waals surface area contributed by atoms with Gasteiger partial charge in [0, 0.05) is 145 Å². The summed E-state index contributed by atoms with van der Waals surface area (Å²) in [6, 6.07) is 111. The highest BCUT2D eigenvalue weighted by molar-refractivity contribution is 6.25. The van der Waals surface area contributed by atoms with E-state index in [0.29, 0.717) is 98.0 Å². The number of para-hydroxylation sites is 3. The minimum Gasteiger partial charge on any atom is -0.264 e. The van der Waals surface area contributed by atoms with E-state index in [0.717, 1.165) is 126 Å². The van der Waals surface area contributed by atoms with Gasteiger partial charge in [0.2, 0.25) is 0 Å². The van der Waals surface area contributed by atoms with Crippen LogP contribution in [-0.4, -0.2) is 110 Å². The molecule has 0 amide bonds. The van der Waals surface area contributed by atoms with Crippen molar-refractivity contribution in [3.8, 4) is 137 Å². The van der Waals surface area contributed by atoms with Crippen LogP contribution in [0, 0.1) is 0 Å². The normalized spacial score (nSPS) is 11.4. The summed E-state index contributed by atoms with van der Waals surface area (Å²) in [4.78, 5) is 104. The van der Waals surface area contributed by atoms with E-state index in [1.54, 1.807) is 74.4 Å². The Morgan fingerprint density at radius 1 is 0.142 bits per heavy atom. The molecule has 624 valence electrons. The van der Waals surface area contributed by atoms with E-state index in [-0.39, 0.29) is 0 Å². The highest BCUT2D eigenvalue weighted by atomic mass is 15.1. The van der Waals surface area contributed by atoms with Crippen molar-refractivity contribution in [1.82, 2.24) is 110 Å². The Bertz CT molecular complexity index is 8490. The van der Waals surface area contributed by atoms with E-state index in [1.165, 1.54) is 32.3 Å². The first-order valence-electron chi connectivity index (χ1n) is 43.4. The van der Waals surface area contributed by atoms with Crippen molar-refractivity contribution < 1.29 is 0 Å². The van der Waals surface area contributed by atoms with Gasteiger partial charge in [-0.2, -0.15) is 0 Å². The van der Waals surface area contributed by atoms with Gasteiger partial charge >= 0.3 is 0 Å². The molecule has 0 bridgehead atoms. The molecule has 0 aliphatic carbocycles. The molecule has 0 spiro atoms. The average molecular weight is 1720 g/mol. The van der Waals surface area contributed by atoms with E-state index in [4.69, 9.17) is 84.7 Å². The number of fused-ring (bicyclic) bond motifs is 17. The zero-order valence-corrected chi connectivity index (χ0v) is 70.9. The largest absolute Gasteiger partial charge is 0.264 e. The smallest absolute Gasteiger partial charge is 0.182 e. The van der Waals surface area contributed by atoms with Crippen LogP contribution in [0.5, 0.6) is 0 Å². The monoisotopic (exact) mass is 1720 g/mol. The highest BCUT2D eigenvalue weighted by Crippen LogP contribution is 2.42. The van der Waals surface area contributed by atoms with Crippen LogP contribution in [0.2, 0.25) is 0 Å². The van der Waals surface area contributed by atoms with E-state index in [2.05, 4.69) is 219 Å². The SMILES string of the molecule is c1ccc(-c2nc(-c3cnc(-c4nc5ccccc5c5c4ccc4ccccc45)nc3)nc(-c3ccccn3)n2)nc1.c1ccc2cc(-c3nc(-c4cnc(-c5nc6ccccc6c6c5ccc5ccccc56)nc4)nc(-c4ccc5ccccc5c4)n3)ccc2c1.c1cncc(-c2nc(-c3cccnc3)nc(-c3cnc(-c4nc5ccccc5c5c4ccc4ccccc45)nc3)n2)c1. The summed E-state index contributed by atoms with van der Waals surface area (Å²) >= 11 is 0. The van der Waals surface area contributed by atoms with Gasteiger partial charge in [-0.1, -0.05) is 249 Å². The molecule has 0 unspecified atom stereocenters. The molecule has 0 aliphatic rings. The molecule has 0 N–H and O–H groups in total. The van der Waals surface area contributed by atoms with E-state index in [1.807, 2.05) is 133 Å². The summed E-state index contributed by atoms with van der Waals surface area (Å²) in [6.07, 6.45) is 20.8. The summed E-state index contributed by atoms with van der Waals surface area (Å²) in [7, 11) is 0. The molecule has 134 heavy (non-hydrogen) atoms. The number of aromatic nitrogens is 22. The standard InChI is InChI=1S/C44H26N6.2C34H20N8/c1-3-12-30-23-32(19-17-27(30)9-1)41-48-42(33-20-18-28-10-2-4-13-31(28)24-33)50-43(49-41)34-25-45-44(46-26-34)40-37-22-21-29-11-5-6-14-35(29)39(37)36-15-7-8-16-38(36)47-40;1-2-10-23-21(9-1)15-16-25-29(23)24-11-3-4-12-26(24)39-30(25)34-37-19-22(20-38-34)31-40-32(27-13-5-7-17-35-27)42-33(41-31)28-14-6-8-18-36-28;1-2-10-25-21(7-1)13-14-27-29(25)26-11-3-4-12-28(26)39-30(27)34-37-19-24(20-38-34)33-41-31(22-8-5-15-35-17-22)40-32(42-33)23-9-6-16-36-18-23/h1-26H;2*1-20H. The number of hydrogen-bond acceptors (Lipinski definition) is 22. The summed E-state index contributed by atoms with van der Waals surface area (Å²) in [5.74, 6) is 6.04. The number of hydrogen-bond donors (Lipinski definition) is 0. The van der Waals surface area contributed by atoms with Gasteiger partial charge < -0.3 is 0 Å². The molecule has 13 aromatic heterocycles. The molecule has 26 aromatic rings. The van der Waals surface area contributed by atoms with Crippen molar-refractivity contribution in [1.29, 1.82) is 0 Å². The predicted octanol–water partition coefficient (Wildman–Crippen LogP) is 24.4. The average Bonchev–Trinajstić information content (AvgIpc) is 0.746. The zero-order valence-electron chi connectivity index (χ0n) is 70.9. The van der Waals surface area contributed by atoms with Crippen molar-refractivity contribution in [2.24, 2.45) is 0 Å². The second-order valence-corrected chi connectivity index (χ2v) is 31.9. The number of rotatable bonds is 12. The topological polar surface area (TPSA) is 284 Å². The molecule has 26 rings (SSSR count). The zero-order chi connectivity index (χ0) is 88.8. The predicted molar refractivity (Wildman–Crippen MR) is 529 cm³/mol. The molecule has 22 nitrogen and oxygen atoms in total. The lowest BCUT2D eigenvalue weighted by Gasteiger charge is -2.12. The fourth-order valence-electron chi connectivity index (χ4n) is 17.3. The van der Waals surface area contributed by atoms with Gasteiger partial charge in [0.1, 0.15) is 28.5 Å². The molecule has 13 heterocycles. The molecule has 0 radical (unpaired) electrons. The molecule has 13 aromatic carbocycles. The quantitative estimate of drug-likeness (QED) is 0.103. The van der Waals surface area contributed by atoms with Gasteiger partial charge in [-0.15, -0.1) is 0 Å². The van der Waals surface area contributed by atoms with Crippen LogP contribution < -0.4 is 0 Å². The van der Waals surface area contributed by atoms with Crippen molar-refractivity contribution in [2.45, 2.75) is 0 Å². The Morgan fingerprint density at radius 3 is 0.746 bits per heavy atom. The summed E-state index contributed by atoms with van der Waals surface area (Å²) in [5.41, 5.74) is 11.5. The van der Waals surface area contributed by atoms with Gasteiger partial charge in [0.25, 0.3) is 0 Å². The highest BCUT2D eigenvalue weighted by Gasteiger charge is 2.24. The van der Waals surface area contributed by atoms with Gasteiger partial charge in [0.15, 0.2) is 69.9 Å². The Labute approximate surface area is 763 Å². The molecule has 22 heteroatoms. The van der Waals surface area contributed by atoms with Gasteiger partial charge in [-0.3, -0.25) is 19.9 Å². The number of pyridine rings is 7. The maximum absolute atomic E-state index is 5.07. The van der Waals surface area contributed by atoms with Crippen molar-refractivity contribution >= 4 is 119 Å². The van der Waals surface area contributed by atoms with Crippen molar-refractivity contribution in [3.63, 3.8) is 0 Å². The molecule has 0 atom stereocenters. The summed E-state index contributed by atoms with van der Waals surface area (Å²) in [6.45, 7) is 0. The third-order valence-electron chi connectivity index (χ3n) is 23.7. The van der Waals surface area contributed by atoms with Gasteiger partial charge in [0.05, 0.1) is 33.2 Å². The molecule has 0 saturated carbocycles. The first kappa shape index (κ1) is 78.5. The number of benzene rings is 13. The van der Waals surface area contributed by atoms with E-state index < -0.39 is 0 Å². The summed E-state index contributed by atoms with van der Waals surface area (Å²) in [5, 5.41) is 21.3. The van der Waals surface area contributed by atoms with E-state index in [9.17, 15) is 0 Å². The first-order valence-corrected chi connectivity index (χ1v) is 43.4. The third-order valence-corrected chi connectivity index (χ3v) is 23.7. The Kier molecular flexibility index (Phi) is 19.9. The lowest BCUT2D eigenvalue weighted by molar-refractivity contribution is 1.04. The molecule has 0 fully saturated rings. The Hall–Kier alpha value is -19.0. The number of nitrogens with zero attached hydrogens (tertiary/aromatic N) is 22. The fraction of sp³-hybridized carbons (Fsp3) is 0. The molecule has 0 saturated heterocycles. The Morgan fingerprint density at radius 2 is 0.418 bits per heavy atom. The summed E-state index contributed by atoms with van der Waals surface area (Å²) < 4.78 is 0. The Balaban J connectivity index is 0.000000111. The van der Waals surface area contributed by atoms with Gasteiger partial charge in [-0.25, -0.2) is 89.7 Å². The molecule has 0 aliphatic heterocycles. The van der Waals surface area contributed by atoms with Crippen LogP contribution in [0.3, 0.4) is 0 Å². The first-order chi connectivity index (χ1) is 66.4. The second-order valence-electron chi connectivity index (χ2n) is 31.9. The lowest BCUT2D eigenvalue weighted by Crippen LogP contribution is -2.02. The minimum absolute atomic E-state index is 0.431. The third kappa shape index (κ3) is 15.0. The maximum atomic E-state index is 5.07.